The van der Waals surface area contributed by atoms with Crippen molar-refractivity contribution in [2.24, 2.45) is 5.73 Å². The van der Waals surface area contributed by atoms with Crippen LogP contribution in [0.5, 0.6) is 0 Å². The first-order chi connectivity index (χ1) is 9.16. The second kappa shape index (κ2) is 4.44. The fourth-order valence-corrected chi connectivity index (χ4v) is 2.12. The molecule has 1 aromatic carbocycles. The van der Waals surface area contributed by atoms with Gasteiger partial charge in [0.15, 0.2) is 0 Å². The van der Waals surface area contributed by atoms with E-state index >= 15 is 0 Å². The molecule has 3 rings (SSSR count). The molecular weight excluding hydrogens is 245 g/mol. The van der Waals surface area contributed by atoms with Crippen molar-refractivity contribution in [3.63, 3.8) is 0 Å². The molecule has 96 valence electrons. The van der Waals surface area contributed by atoms with Crippen LogP contribution in [0, 0.1) is 12.7 Å². The SMILES string of the molecule is Cc1c(C(N)c2cnccn2)oc2cc(F)ccc12. The molecule has 2 N–H and O–H groups in total. The Morgan fingerprint density at radius 3 is 2.89 bits per heavy atom. The van der Waals surface area contributed by atoms with E-state index in [9.17, 15) is 4.39 Å². The summed E-state index contributed by atoms with van der Waals surface area (Å²) >= 11 is 0. The van der Waals surface area contributed by atoms with Crippen molar-refractivity contribution in [1.29, 1.82) is 0 Å². The van der Waals surface area contributed by atoms with Crippen molar-refractivity contribution in [2.75, 3.05) is 0 Å². The second-order valence-corrected chi connectivity index (χ2v) is 4.34. The third-order valence-electron chi connectivity index (χ3n) is 3.12. The third-order valence-corrected chi connectivity index (χ3v) is 3.12. The van der Waals surface area contributed by atoms with E-state index < -0.39 is 6.04 Å². The summed E-state index contributed by atoms with van der Waals surface area (Å²) in [6.45, 7) is 1.90. The lowest BCUT2D eigenvalue weighted by molar-refractivity contribution is 0.513. The fraction of sp³-hybridized carbons (Fsp3) is 0.143. The Morgan fingerprint density at radius 2 is 2.16 bits per heavy atom. The lowest BCUT2D eigenvalue weighted by Gasteiger charge is -2.08. The van der Waals surface area contributed by atoms with Gasteiger partial charge in [0.1, 0.15) is 23.2 Å². The number of nitrogens with zero attached hydrogens (tertiary/aromatic N) is 2. The van der Waals surface area contributed by atoms with Crippen LogP contribution < -0.4 is 5.73 Å². The number of nitrogens with two attached hydrogens (primary N) is 1. The molecule has 4 nitrogen and oxygen atoms in total. The van der Waals surface area contributed by atoms with Crippen molar-refractivity contribution in [1.82, 2.24) is 9.97 Å². The molecule has 0 aliphatic carbocycles. The van der Waals surface area contributed by atoms with Gasteiger partial charge in [0.25, 0.3) is 0 Å². The molecule has 0 amide bonds. The summed E-state index contributed by atoms with van der Waals surface area (Å²) in [5, 5.41) is 0.857. The summed E-state index contributed by atoms with van der Waals surface area (Å²) in [7, 11) is 0. The largest absolute Gasteiger partial charge is 0.459 e. The van der Waals surface area contributed by atoms with Gasteiger partial charge in [0, 0.05) is 29.4 Å². The Balaban J connectivity index is 2.13. The highest BCUT2D eigenvalue weighted by Crippen LogP contribution is 2.30. The predicted molar refractivity (Wildman–Crippen MR) is 69.0 cm³/mol. The van der Waals surface area contributed by atoms with Crippen molar-refractivity contribution >= 4 is 11.0 Å². The van der Waals surface area contributed by atoms with Crippen molar-refractivity contribution in [3.05, 3.63) is 59.6 Å². The van der Waals surface area contributed by atoms with Gasteiger partial charge in [-0.25, -0.2) is 4.39 Å². The quantitative estimate of drug-likeness (QED) is 0.766. The third kappa shape index (κ3) is 1.98. The number of hydrogen-bond donors (Lipinski definition) is 1. The summed E-state index contributed by atoms with van der Waals surface area (Å²) in [4.78, 5) is 8.15. The van der Waals surface area contributed by atoms with E-state index in [1.165, 1.54) is 12.1 Å². The van der Waals surface area contributed by atoms with E-state index in [0.29, 0.717) is 17.0 Å². The van der Waals surface area contributed by atoms with Gasteiger partial charge >= 0.3 is 0 Å². The van der Waals surface area contributed by atoms with Gasteiger partial charge in [-0.05, 0) is 19.1 Å². The van der Waals surface area contributed by atoms with Gasteiger partial charge in [-0.3, -0.25) is 9.97 Å². The number of aromatic nitrogens is 2. The summed E-state index contributed by atoms with van der Waals surface area (Å²) in [5.74, 6) is 0.252. The van der Waals surface area contributed by atoms with E-state index in [1.807, 2.05) is 6.92 Å². The monoisotopic (exact) mass is 257 g/mol. The smallest absolute Gasteiger partial charge is 0.137 e. The molecule has 1 unspecified atom stereocenters. The van der Waals surface area contributed by atoms with E-state index in [4.69, 9.17) is 10.2 Å². The van der Waals surface area contributed by atoms with Crippen LogP contribution in [0.1, 0.15) is 23.1 Å². The zero-order valence-electron chi connectivity index (χ0n) is 10.3. The highest BCUT2D eigenvalue weighted by Gasteiger charge is 2.19. The van der Waals surface area contributed by atoms with E-state index in [2.05, 4.69) is 9.97 Å². The van der Waals surface area contributed by atoms with Gasteiger partial charge in [-0.2, -0.15) is 0 Å². The summed E-state index contributed by atoms with van der Waals surface area (Å²) in [6, 6.07) is 3.94. The van der Waals surface area contributed by atoms with E-state index in [1.54, 1.807) is 24.7 Å². The summed E-state index contributed by atoms with van der Waals surface area (Å²) < 4.78 is 18.9. The lowest BCUT2D eigenvalue weighted by Crippen LogP contribution is -2.13. The van der Waals surface area contributed by atoms with Crippen LogP contribution in [0.25, 0.3) is 11.0 Å². The second-order valence-electron chi connectivity index (χ2n) is 4.34. The molecular formula is C14H12FN3O. The maximum Gasteiger partial charge on any atom is 0.137 e. The van der Waals surface area contributed by atoms with E-state index in [-0.39, 0.29) is 5.82 Å². The Morgan fingerprint density at radius 1 is 1.32 bits per heavy atom. The number of hydrogen-bond acceptors (Lipinski definition) is 4. The number of benzene rings is 1. The summed E-state index contributed by atoms with van der Waals surface area (Å²) in [5.41, 5.74) is 8.13. The molecule has 19 heavy (non-hydrogen) atoms. The van der Waals surface area contributed by atoms with Gasteiger partial charge in [-0.1, -0.05) is 0 Å². The van der Waals surface area contributed by atoms with Gasteiger partial charge in [-0.15, -0.1) is 0 Å². The zero-order chi connectivity index (χ0) is 13.4. The van der Waals surface area contributed by atoms with Crippen LogP contribution in [0.3, 0.4) is 0 Å². The molecule has 0 aliphatic heterocycles. The molecule has 0 fully saturated rings. The first kappa shape index (κ1) is 11.8. The Hall–Kier alpha value is -2.27. The van der Waals surface area contributed by atoms with Crippen molar-refractivity contribution < 1.29 is 8.81 Å². The van der Waals surface area contributed by atoms with Gasteiger partial charge in [0.05, 0.1) is 11.9 Å². The Kier molecular flexibility index (Phi) is 2.76. The standard InChI is InChI=1S/C14H12FN3O/c1-8-10-3-2-9(15)6-12(10)19-14(8)13(16)11-7-17-4-5-18-11/h2-7,13H,16H2,1H3. The molecule has 0 saturated heterocycles. The van der Waals surface area contributed by atoms with Gasteiger partial charge < -0.3 is 10.2 Å². The number of fused-ring (bicyclic) bond motifs is 1. The average molecular weight is 257 g/mol. The molecule has 3 aromatic rings. The molecule has 0 radical (unpaired) electrons. The van der Waals surface area contributed by atoms with Crippen LogP contribution in [-0.4, -0.2) is 9.97 Å². The molecule has 0 saturated carbocycles. The molecule has 1 atom stereocenters. The van der Waals surface area contributed by atoms with Gasteiger partial charge in [0.2, 0.25) is 0 Å². The number of aryl methyl sites for hydroxylation is 1. The fourth-order valence-electron chi connectivity index (χ4n) is 2.12. The Labute approximate surface area is 109 Å². The number of rotatable bonds is 2. The maximum atomic E-state index is 13.2. The molecule has 5 heteroatoms. The normalized spacial score (nSPS) is 12.8. The van der Waals surface area contributed by atoms with Crippen molar-refractivity contribution in [3.8, 4) is 0 Å². The first-order valence-electron chi connectivity index (χ1n) is 5.87. The van der Waals surface area contributed by atoms with Crippen molar-refractivity contribution in [2.45, 2.75) is 13.0 Å². The number of halogens is 1. The minimum absolute atomic E-state index is 0.333. The molecule has 0 aliphatic rings. The summed E-state index contributed by atoms with van der Waals surface area (Å²) in [6.07, 6.45) is 4.75. The molecule has 0 spiro atoms. The lowest BCUT2D eigenvalue weighted by atomic mass is 10.1. The predicted octanol–water partition coefficient (Wildman–Crippen LogP) is 2.72. The molecule has 2 heterocycles. The van der Waals surface area contributed by atoms with Crippen LogP contribution in [-0.2, 0) is 0 Å². The van der Waals surface area contributed by atoms with E-state index in [0.717, 1.165) is 10.9 Å². The van der Waals surface area contributed by atoms with Crippen LogP contribution in [0.15, 0.2) is 41.2 Å². The van der Waals surface area contributed by atoms with Crippen LogP contribution in [0.4, 0.5) is 4.39 Å². The highest BCUT2D eigenvalue weighted by atomic mass is 19.1. The topological polar surface area (TPSA) is 64.9 Å². The maximum absolute atomic E-state index is 13.2. The minimum atomic E-state index is -0.510. The Bertz CT molecular complexity index is 724. The average Bonchev–Trinajstić information content (AvgIpc) is 2.75. The molecule has 0 bridgehead atoms. The van der Waals surface area contributed by atoms with Crippen LogP contribution >= 0.6 is 0 Å². The minimum Gasteiger partial charge on any atom is -0.459 e. The highest BCUT2D eigenvalue weighted by molar-refractivity contribution is 5.82. The number of furan rings is 1. The van der Waals surface area contributed by atoms with Crippen LogP contribution in [0.2, 0.25) is 0 Å². The zero-order valence-corrected chi connectivity index (χ0v) is 10.3. The first-order valence-corrected chi connectivity index (χ1v) is 5.87. The molecule has 2 aromatic heterocycles.